The van der Waals surface area contributed by atoms with Gasteiger partial charge in [-0.05, 0) is 47.5 Å². The van der Waals surface area contributed by atoms with E-state index in [9.17, 15) is 8.42 Å². The summed E-state index contributed by atoms with van der Waals surface area (Å²) in [6.07, 6.45) is 5.75. The number of aromatic nitrogens is 1. The molecule has 6 nitrogen and oxygen atoms in total. The van der Waals surface area contributed by atoms with Gasteiger partial charge in [-0.1, -0.05) is 30.3 Å². The van der Waals surface area contributed by atoms with E-state index in [4.69, 9.17) is 9.47 Å². The van der Waals surface area contributed by atoms with Crippen LogP contribution in [0.1, 0.15) is 22.9 Å². The molecule has 0 amide bonds. The van der Waals surface area contributed by atoms with Crippen molar-refractivity contribution in [2.24, 2.45) is 0 Å². The van der Waals surface area contributed by atoms with Crippen LogP contribution in [0.25, 0.3) is 10.1 Å². The van der Waals surface area contributed by atoms with E-state index < -0.39 is 21.5 Å². The van der Waals surface area contributed by atoms with Gasteiger partial charge in [-0.15, -0.1) is 23.1 Å². The van der Waals surface area contributed by atoms with Crippen LogP contribution in [-0.4, -0.2) is 31.7 Å². The minimum Gasteiger partial charge on any atom is -0.490 e. The van der Waals surface area contributed by atoms with E-state index in [1.165, 1.54) is 11.3 Å². The number of sulfonamides is 1. The number of rotatable bonds is 6. The SMILES string of the molecule is CSc1ccccc1C(NS(=O)(=O)C1CCOc2ccccc2O1)c1cc2ccncc2s1. The van der Waals surface area contributed by atoms with E-state index in [2.05, 4.69) is 9.71 Å². The maximum atomic E-state index is 13.6. The van der Waals surface area contributed by atoms with Gasteiger partial charge in [0.2, 0.25) is 5.44 Å². The Morgan fingerprint density at radius 2 is 1.91 bits per heavy atom. The number of benzene rings is 2. The zero-order chi connectivity index (χ0) is 22.8. The first-order valence-corrected chi connectivity index (χ1v) is 14.0. The standard InChI is InChI=1S/C24H22N2O4S3/c1-31-20-9-5-2-6-17(20)24(21-14-16-10-12-25-15-22(16)32-21)26-33(27,28)23-11-13-29-18-7-3-4-8-19(18)30-23/h2-10,12,14-15,23-24,26H,11,13H2,1H3. The number of hydrogen-bond acceptors (Lipinski definition) is 7. The average molecular weight is 499 g/mol. The molecule has 170 valence electrons. The number of thiophene rings is 1. The first-order valence-electron chi connectivity index (χ1n) is 10.4. The van der Waals surface area contributed by atoms with E-state index in [0.29, 0.717) is 11.5 Å². The number of hydrogen-bond donors (Lipinski definition) is 1. The van der Waals surface area contributed by atoms with Crippen LogP contribution in [-0.2, 0) is 10.0 Å². The molecule has 5 rings (SSSR count). The Bertz CT molecular complexity index is 1350. The van der Waals surface area contributed by atoms with Gasteiger partial charge in [0, 0.05) is 28.6 Å². The van der Waals surface area contributed by atoms with E-state index in [1.807, 2.05) is 48.7 Å². The van der Waals surface area contributed by atoms with Crippen LogP contribution in [0, 0.1) is 0 Å². The number of pyridine rings is 1. The highest BCUT2D eigenvalue weighted by molar-refractivity contribution is 7.98. The summed E-state index contributed by atoms with van der Waals surface area (Å²) < 4.78 is 42.8. The van der Waals surface area contributed by atoms with Crippen LogP contribution in [0.5, 0.6) is 11.5 Å². The maximum absolute atomic E-state index is 13.6. The number of nitrogens with zero attached hydrogens (tertiary/aromatic N) is 1. The zero-order valence-corrected chi connectivity index (χ0v) is 20.3. The second-order valence-electron chi connectivity index (χ2n) is 7.53. The minimum atomic E-state index is -3.88. The fraction of sp³-hybridized carbons (Fsp3) is 0.208. The summed E-state index contributed by atoms with van der Waals surface area (Å²) in [7, 11) is -3.88. The molecule has 1 aliphatic heterocycles. The third-order valence-corrected chi connectivity index (χ3v) is 8.97. The summed E-state index contributed by atoms with van der Waals surface area (Å²) >= 11 is 3.12. The van der Waals surface area contributed by atoms with Crippen molar-refractivity contribution in [2.75, 3.05) is 12.9 Å². The molecular weight excluding hydrogens is 476 g/mol. The molecule has 0 bridgehead atoms. The third kappa shape index (κ3) is 4.59. The van der Waals surface area contributed by atoms with Crippen LogP contribution in [0.4, 0.5) is 0 Å². The first-order chi connectivity index (χ1) is 16.0. The molecule has 1 aliphatic rings. The lowest BCUT2D eigenvalue weighted by atomic mass is 10.1. The van der Waals surface area contributed by atoms with Gasteiger partial charge in [-0.3, -0.25) is 4.98 Å². The van der Waals surface area contributed by atoms with Crippen molar-refractivity contribution in [1.29, 1.82) is 0 Å². The Hall–Kier alpha value is -2.59. The quantitative estimate of drug-likeness (QED) is 0.368. The lowest BCUT2D eigenvalue weighted by molar-refractivity contribution is 0.256. The van der Waals surface area contributed by atoms with Gasteiger partial charge in [-0.25, -0.2) is 8.42 Å². The van der Waals surface area contributed by atoms with Gasteiger partial charge in [0.15, 0.2) is 11.5 Å². The Morgan fingerprint density at radius 1 is 1.12 bits per heavy atom. The second kappa shape index (κ2) is 9.34. The lowest BCUT2D eigenvalue weighted by Crippen LogP contribution is -2.40. The maximum Gasteiger partial charge on any atom is 0.250 e. The largest absolute Gasteiger partial charge is 0.490 e. The zero-order valence-electron chi connectivity index (χ0n) is 17.8. The molecule has 33 heavy (non-hydrogen) atoms. The van der Waals surface area contributed by atoms with Crippen LogP contribution >= 0.6 is 23.1 Å². The number of thioether (sulfide) groups is 1. The molecule has 0 fully saturated rings. The Kier molecular flexibility index (Phi) is 6.29. The molecule has 2 aromatic heterocycles. The summed E-state index contributed by atoms with van der Waals surface area (Å²) in [4.78, 5) is 6.11. The van der Waals surface area contributed by atoms with E-state index >= 15 is 0 Å². The van der Waals surface area contributed by atoms with Crippen molar-refractivity contribution >= 4 is 43.2 Å². The summed E-state index contributed by atoms with van der Waals surface area (Å²) in [6, 6.07) is 18.4. The molecule has 9 heteroatoms. The number of nitrogens with one attached hydrogen (secondary N) is 1. The topological polar surface area (TPSA) is 77.5 Å². The van der Waals surface area contributed by atoms with Gasteiger partial charge in [0.1, 0.15) is 0 Å². The van der Waals surface area contributed by atoms with Gasteiger partial charge >= 0.3 is 0 Å². The molecule has 0 saturated carbocycles. The molecule has 0 saturated heterocycles. The Morgan fingerprint density at radius 3 is 2.73 bits per heavy atom. The highest BCUT2D eigenvalue weighted by Crippen LogP contribution is 2.38. The van der Waals surface area contributed by atoms with Crippen molar-refractivity contribution in [3.05, 3.63) is 83.5 Å². The molecule has 2 aromatic carbocycles. The minimum absolute atomic E-state index is 0.219. The van der Waals surface area contributed by atoms with Crippen molar-refractivity contribution in [3.8, 4) is 11.5 Å². The predicted molar refractivity (Wildman–Crippen MR) is 133 cm³/mol. The molecule has 1 N–H and O–H groups in total. The Balaban J connectivity index is 1.54. The fourth-order valence-corrected chi connectivity index (χ4v) is 7.00. The fourth-order valence-electron chi connectivity index (χ4n) is 3.82. The van der Waals surface area contributed by atoms with Crippen LogP contribution < -0.4 is 14.2 Å². The summed E-state index contributed by atoms with van der Waals surface area (Å²) in [5, 5.41) is 1.03. The highest BCUT2D eigenvalue weighted by Gasteiger charge is 2.34. The van der Waals surface area contributed by atoms with E-state index in [1.54, 1.807) is 42.4 Å². The van der Waals surface area contributed by atoms with Crippen LogP contribution in [0.15, 0.2) is 78.0 Å². The molecule has 2 unspecified atom stereocenters. The molecule has 0 aliphatic carbocycles. The molecule has 3 heterocycles. The number of fused-ring (bicyclic) bond motifs is 2. The smallest absolute Gasteiger partial charge is 0.250 e. The van der Waals surface area contributed by atoms with Gasteiger partial charge in [0.05, 0.1) is 17.3 Å². The van der Waals surface area contributed by atoms with Gasteiger partial charge in [-0.2, -0.15) is 4.72 Å². The number of para-hydroxylation sites is 2. The van der Waals surface area contributed by atoms with Gasteiger partial charge in [0.25, 0.3) is 10.0 Å². The summed E-state index contributed by atoms with van der Waals surface area (Å²) in [5.41, 5.74) is -0.167. The van der Waals surface area contributed by atoms with E-state index in [-0.39, 0.29) is 13.0 Å². The van der Waals surface area contributed by atoms with Crippen molar-refractivity contribution in [3.63, 3.8) is 0 Å². The summed E-state index contributed by atoms with van der Waals surface area (Å²) in [6.45, 7) is 0.253. The predicted octanol–water partition coefficient (Wildman–Crippen LogP) is 5.21. The lowest BCUT2D eigenvalue weighted by Gasteiger charge is -2.24. The van der Waals surface area contributed by atoms with Crippen molar-refractivity contribution in [2.45, 2.75) is 22.8 Å². The Labute approximate surface area is 201 Å². The third-order valence-electron chi connectivity index (χ3n) is 5.42. The van der Waals surface area contributed by atoms with Crippen LogP contribution in [0.2, 0.25) is 0 Å². The van der Waals surface area contributed by atoms with Crippen molar-refractivity contribution < 1.29 is 17.9 Å². The summed E-state index contributed by atoms with van der Waals surface area (Å²) in [5.74, 6) is 0.982. The second-order valence-corrected chi connectivity index (χ2v) is 11.3. The molecular formula is C24H22N2O4S3. The normalized spacial score (nSPS) is 16.9. The first kappa shape index (κ1) is 22.2. The van der Waals surface area contributed by atoms with Gasteiger partial charge < -0.3 is 9.47 Å². The van der Waals surface area contributed by atoms with E-state index in [0.717, 1.165) is 25.4 Å². The molecule has 2 atom stereocenters. The average Bonchev–Trinajstić information content (AvgIpc) is 3.14. The highest BCUT2D eigenvalue weighted by atomic mass is 32.2. The molecule has 0 spiro atoms. The van der Waals surface area contributed by atoms with Crippen molar-refractivity contribution in [1.82, 2.24) is 9.71 Å². The molecule has 0 radical (unpaired) electrons. The monoisotopic (exact) mass is 498 g/mol. The van der Waals surface area contributed by atoms with Crippen LogP contribution in [0.3, 0.4) is 0 Å². The number of ether oxygens (including phenoxy) is 2. The molecule has 4 aromatic rings.